The summed E-state index contributed by atoms with van der Waals surface area (Å²) in [7, 11) is 1.62. The molecule has 1 amide bonds. The molecule has 0 bridgehead atoms. The number of methoxy groups -OCH3 is 1. The van der Waals surface area contributed by atoms with E-state index in [1.807, 2.05) is 29.2 Å². The van der Waals surface area contributed by atoms with E-state index in [9.17, 15) is 4.79 Å². The second-order valence-corrected chi connectivity index (χ2v) is 5.26. The van der Waals surface area contributed by atoms with Crippen LogP contribution in [0.4, 0.5) is 11.4 Å². The molecule has 1 aromatic rings. The van der Waals surface area contributed by atoms with Gasteiger partial charge >= 0.3 is 0 Å². The van der Waals surface area contributed by atoms with Crippen LogP contribution in [0.5, 0.6) is 0 Å². The van der Waals surface area contributed by atoms with Crippen molar-refractivity contribution in [1.29, 1.82) is 0 Å². The molecule has 0 aliphatic carbocycles. The average molecular weight is 262 g/mol. The van der Waals surface area contributed by atoms with Gasteiger partial charge in [-0.3, -0.25) is 4.79 Å². The Bertz CT molecular complexity index is 446. The lowest BCUT2D eigenvalue weighted by Gasteiger charge is -2.37. The number of nitrogens with zero attached hydrogens (tertiary/aromatic N) is 1. The molecule has 104 valence electrons. The normalized spacial score (nSPS) is 18.1. The quantitative estimate of drug-likeness (QED) is 0.906. The average Bonchev–Trinajstić information content (AvgIpc) is 2.43. The zero-order chi connectivity index (χ0) is 13.8. The molecule has 0 saturated carbocycles. The van der Waals surface area contributed by atoms with Gasteiger partial charge in [-0.1, -0.05) is 26.0 Å². The van der Waals surface area contributed by atoms with E-state index in [1.54, 1.807) is 7.11 Å². The van der Waals surface area contributed by atoms with Crippen molar-refractivity contribution in [3.05, 3.63) is 24.3 Å². The Balaban J connectivity index is 2.23. The number of nitrogens with one attached hydrogen (secondary N) is 1. The van der Waals surface area contributed by atoms with Crippen LogP contribution in [0.1, 0.15) is 20.3 Å². The van der Waals surface area contributed by atoms with E-state index in [1.165, 1.54) is 0 Å². The molecule has 1 unspecified atom stereocenters. The number of ether oxygens (including phenoxy) is 1. The Hall–Kier alpha value is -1.55. The third-order valence-electron chi connectivity index (χ3n) is 3.54. The van der Waals surface area contributed by atoms with Gasteiger partial charge in [0.05, 0.1) is 24.4 Å². The zero-order valence-corrected chi connectivity index (χ0v) is 11.8. The van der Waals surface area contributed by atoms with Crippen LogP contribution in [-0.2, 0) is 9.53 Å². The van der Waals surface area contributed by atoms with Crippen molar-refractivity contribution in [3.8, 4) is 0 Å². The van der Waals surface area contributed by atoms with Crippen LogP contribution >= 0.6 is 0 Å². The summed E-state index contributed by atoms with van der Waals surface area (Å²) in [5.41, 5.74) is 2.01. The van der Waals surface area contributed by atoms with Crippen LogP contribution in [0.15, 0.2) is 24.3 Å². The summed E-state index contributed by atoms with van der Waals surface area (Å²) in [5, 5.41) is 3.51. The molecule has 1 aliphatic rings. The van der Waals surface area contributed by atoms with E-state index < -0.39 is 0 Å². The Morgan fingerprint density at radius 2 is 2.21 bits per heavy atom. The topological polar surface area (TPSA) is 41.6 Å². The Morgan fingerprint density at radius 3 is 2.89 bits per heavy atom. The summed E-state index contributed by atoms with van der Waals surface area (Å²) in [5.74, 6) is 0.604. The maximum Gasteiger partial charge on any atom is 0.229 e. The number of hydrogen-bond acceptors (Lipinski definition) is 3. The minimum atomic E-state index is 0.126. The fourth-order valence-electron chi connectivity index (χ4n) is 2.31. The largest absolute Gasteiger partial charge is 0.384 e. The molecular weight excluding hydrogens is 240 g/mol. The van der Waals surface area contributed by atoms with Gasteiger partial charge < -0.3 is 15.0 Å². The molecule has 1 aromatic carbocycles. The number of hydrogen-bond donors (Lipinski definition) is 1. The maximum absolute atomic E-state index is 12.3. The second kappa shape index (κ2) is 6.06. The van der Waals surface area contributed by atoms with Crippen molar-refractivity contribution in [2.24, 2.45) is 5.92 Å². The molecule has 4 nitrogen and oxygen atoms in total. The van der Waals surface area contributed by atoms with E-state index in [2.05, 4.69) is 19.2 Å². The number of amides is 1. The summed E-state index contributed by atoms with van der Waals surface area (Å²) >= 11 is 0. The highest BCUT2D eigenvalue weighted by Crippen LogP contribution is 2.32. The fraction of sp³-hybridized carbons (Fsp3) is 0.533. The van der Waals surface area contributed by atoms with Crippen molar-refractivity contribution < 1.29 is 9.53 Å². The Kier molecular flexibility index (Phi) is 4.43. The second-order valence-electron chi connectivity index (χ2n) is 5.26. The molecule has 2 rings (SSSR count). The predicted octanol–water partition coefficient (Wildman–Crippen LogP) is 2.51. The van der Waals surface area contributed by atoms with Crippen molar-refractivity contribution in [2.75, 3.05) is 30.5 Å². The molecule has 1 aliphatic heterocycles. The van der Waals surface area contributed by atoms with Gasteiger partial charge in [-0.2, -0.15) is 0 Å². The molecule has 0 aromatic heterocycles. The van der Waals surface area contributed by atoms with Crippen LogP contribution in [-0.4, -0.2) is 32.2 Å². The zero-order valence-electron chi connectivity index (χ0n) is 11.8. The van der Waals surface area contributed by atoms with Gasteiger partial charge in [-0.15, -0.1) is 0 Å². The Morgan fingerprint density at radius 1 is 1.47 bits per heavy atom. The predicted molar refractivity (Wildman–Crippen MR) is 77.5 cm³/mol. The molecule has 0 spiro atoms. The Labute approximate surface area is 114 Å². The van der Waals surface area contributed by atoms with Crippen molar-refractivity contribution in [3.63, 3.8) is 0 Å². The monoisotopic (exact) mass is 262 g/mol. The van der Waals surface area contributed by atoms with Crippen LogP contribution in [0.25, 0.3) is 0 Å². The van der Waals surface area contributed by atoms with E-state index >= 15 is 0 Å². The first-order valence-electron chi connectivity index (χ1n) is 6.78. The summed E-state index contributed by atoms with van der Waals surface area (Å²) in [4.78, 5) is 14.2. The molecule has 1 N–H and O–H groups in total. The number of fused-ring (bicyclic) bond motifs is 1. The molecule has 1 atom stereocenters. The first kappa shape index (κ1) is 13.9. The third kappa shape index (κ3) is 3.07. The first-order chi connectivity index (χ1) is 9.13. The third-order valence-corrected chi connectivity index (χ3v) is 3.54. The number of para-hydroxylation sites is 2. The van der Waals surface area contributed by atoms with Gasteiger partial charge in [-0.05, 0) is 18.1 Å². The van der Waals surface area contributed by atoms with Gasteiger partial charge in [0.1, 0.15) is 0 Å². The van der Waals surface area contributed by atoms with E-state index in [0.29, 0.717) is 25.0 Å². The van der Waals surface area contributed by atoms with Gasteiger partial charge in [0.25, 0.3) is 0 Å². The lowest BCUT2D eigenvalue weighted by atomic mass is 9.99. The lowest BCUT2D eigenvalue weighted by Crippen LogP contribution is -2.47. The van der Waals surface area contributed by atoms with Crippen molar-refractivity contribution >= 4 is 17.3 Å². The molecule has 0 radical (unpaired) electrons. The summed E-state index contributed by atoms with van der Waals surface area (Å²) in [6, 6.07) is 8.27. The molecule has 1 heterocycles. The van der Waals surface area contributed by atoms with Crippen molar-refractivity contribution in [1.82, 2.24) is 0 Å². The van der Waals surface area contributed by atoms with Crippen LogP contribution in [0.2, 0.25) is 0 Å². The van der Waals surface area contributed by atoms with E-state index in [4.69, 9.17) is 4.74 Å². The minimum Gasteiger partial charge on any atom is -0.384 e. The highest BCUT2D eigenvalue weighted by Gasteiger charge is 2.28. The van der Waals surface area contributed by atoms with Crippen LogP contribution < -0.4 is 10.2 Å². The van der Waals surface area contributed by atoms with Crippen LogP contribution in [0.3, 0.4) is 0 Å². The molecule has 0 fully saturated rings. The van der Waals surface area contributed by atoms with E-state index in [0.717, 1.165) is 17.9 Å². The maximum atomic E-state index is 12.3. The van der Waals surface area contributed by atoms with Gasteiger partial charge in [-0.25, -0.2) is 0 Å². The molecular formula is C15H22N2O2. The summed E-state index contributed by atoms with van der Waals surface area (Å²) in [6.07, 6.45) is 0.426. The lowest BCUT2D eigenvalue weighted by molar-refractivity contribution is -0.119. The number of carbonyl (C=O) groups excluding carboxylic acids is 1. The number of rotatable bonds is 4. The van der Waals surface area contributed by atoms with Crippen molar-refractivity contribution in [2.45, 2.75) is 26.3 Å². The summed E-state index contributed by atoms with van der Waals surface area (Å²) in [6.45, 7) is 5.53. The number of carbonyl (C=O) groups is 1. The number of benzene rings is 1. The fourth-order valence-corrected chi connectivity index (χ4v) is 2.31. The molecule has 19 heavy (non-hydrogen) atoms. The van der Waals surface area contributed by atoms with Crippen LogP contribution in [0, 0.1) is 5.92 Å². The van der Waals surface area contributed by atoms with Gasteiger partial charge in [0.2, 0.25) is 5.91 Å². The molecule has 4 heteroatoms. The van der Waals surface area contributed by atoms with Gasteiger partial charge in [0.15, 0.2) is 0 Å². The number of anilines is 2. The summed E-state index contributed by atoms with van der Waals surface area (Å²) < 4.78 is 5.00. The van der Waals surface area contributed by atoms with Gasteiger partial charge in [0, 0.05) is 19.7 Å². The highest BCUT2D eigenvalue weighted by molar-refractivity contribution is 5.97. The highest BCUT2D eigenvalue weighted by atomic mass is 16.5. The smallest absolute Gasteiger partial charge is 0.229 e. The molecule has 0 saturated heterocycles. The van der Waals surface area contributed by atoms with E-state index in [-0.39, 0.29) is 5.91 Å². The first-order valence-corrected chi connectivity index (χ1v) is 6.78. The SMILES string of the molecule is COCCC(=O)N1CC(C(C)C)Nc2ccccc21. The minimum absolute atomic E-state index is 0.126. The standard InChI is InChI=1S/C15H22N2O2/c1-11(2)13-10-17(15(18)8-9-19-3)14-7-5-4-6-12(14)16-13/h4-7,11,13,16H,8-10H2,1-3H3.